The molecule has 0 rings (SSSR count). The van der Waals surface area contributed by atoms with Gasteiger partial charge in [-0.1, -0.05) is 0 Å². The molecule has 2 atom stereocenters. The number of amides is 2. The summed E-state index contributed by atoms with van der Waals surface area (Å²) in [4.78, 5) is 32.6. The van der Waals surface area contributed by atoms with Crippen molar-refractivity contribution in [3.63, 3.8) is 0 Å². The van der Waals surface area contributed by atoms with E-state index in [9.17, 15) is 14.4 Å². The maximum absolute atomic E-state index is 11.4. The molecule has 0 aromatic rings. The van der Waals surface area contributed by atoms with E-state index in [4.69, 9.17) is 10.2 Å². The third kappa shape index (κ3) is 7.77. The van der Waals surface area contributed by atoms with Crippen LogP contribution in [-0.4, -0.2) is 52.3 Å². The molecule has 0 radical (unpaired) electrons. The first kappa shape index (κ1) is 16.6. The van der Waals surface area contributed by atoms with Crippen LogP contribution in [0.25, 0.3) is 0 Å². The van der Waals surface area contributed by atoms with Gasteiger partial charge in [0, 0.05) is 6.04 Å². The summed E-state index contributed by atoms with van der Waals surface area (Å²) in [6.45, 7) is 1.79. The molecule has 18 heavy (non-hydrogen) atoms. The molecule has 0 aromatic heterocycles. The SMILES string of the molecule is CSCCC(C)NC(=O)N[C@@H](CC(=O)O)C(=O)O. The number of carboxylic acids is 2. The molecule has 0 aliphatic heterocycles. The third-order valence-electron chi connectivity index (χ3n) is 2.11. The molecule has 8 heteroatoms. The molecule has 104 valence electrons. The van der Waals surface area contributed by atoms with Gasteiger partial charge in [-0.05, 0) is 25.4 Å². The van der Waals surface area contributed by atoms with E-state index in [0.29, 0.717) is 0 Å². The van der Waals surface area contributed by atoms with E-state index in [1.165, 1.54) is 0 Å². The molecule has 4 N–H and O–H groups in total. The molecule has 0 spiro atoms. The van der Waals surface area contributed by atoms with Crippen molar-refractivity contribution in [1.29, 1.82) is 0 Å². The zero-order valence-corrected chi connectivity index (χ0v) is 11.1. The number of thioether (sulfide) groups is 1. The third-order valence-corrected chi connectivity index (χ3v) is 2.76. The zero-order valence-electron chi connectivity index (χ0n) is 10.3. The Labute approximate surface area is 109 Å². The fourth-order valence-electron chi connectivity index (χ4n) is 1.17. The summed E-state index contributed by atoms with van der Waals surface area (Å²) in [6.07, 6.45) is 2.05. The molecule has 0 aliphatic carbocycles. The van der Waals surface area contributed by atoms with Crippen LogP contribution in [-0.2, 0) is 9.59 Å². The number of nitrogens with one attached hydrogen (secondary N) is 2. The van der Waals surface area contributed by atoms with E-state index in [-0.39, 0.29) is 6.04 Å². The summed E-state index contributed by atoms with van der Waals surface area (Å²) in [5.74, 6) is -1.78. The average molecular weight is 278 g/mol. The second-order valence-electron chi connectivity index (χ2n) is 3.79. The van der Waals surface area contributed by atoms with Crippen molar-refractivity contribution in [2.24, 2.45) is 0 Å². The summed E-state index contributed by atoms with van der Waals surface area (Å²) < 4.78 is 0. The lowest BCUT2D eigenvalue weighted by atomic mass is 10.2. The van der Waals surface area contributed by atoms with Gasteiger partial charge < -0.3 is 20.8 Å². The van der Waals surface area contributed by atoms with E-state index in [0.717, 1.165) is 12.2 Å². The van der Waals surface area contributed by atoms with Gasteiger partial charge in [-0.15, -0.1) is 0 Å². The molecular formula is C10H18N2O5S. The summed E-state index contributed by atoms with van der Waals surface area (Å²) in [7, 11) is 0. The lowest BCUT2D eigenvalue weighted by Crippen LogP contribution is -2.49. The monoisotopic (exact) mass is 278 g/mol. The summed E-state index contributed by atoms with van der Waals surface area (Å²) in [5.41, 5.74) is 0. The minimum Gasteiger partial charge on any atom is -0.481 e. The molecule has 1 unspecified atom stereocenters. The highest BCUT2D eigenvalue weighted by atomic mass is 32.2. The molecule has 7 nitrogen and oxygen atoms in total. The Kier molecular flexibility index (Phi) is 7.93. The van der Waals surface area contributed by atoms with Crippen LogP contribution in [0, 0.1) is 0 Å². The van der Waals surface area contributed by atoms with Crippen LogP contribution >= 0.6 is 11.8 Å². The predicted molar refractivity (Wildman–Crippen MR) is 67.8 cm³/mol. The molecule has 0 bridgehead atoms. The zero-order chi connectivity index (χ0) is 14.1. The number of carbonyl (C=O) groups is 3. The smallest absolute Gasteiger partial charge is 0.326 e. The van der Waals surface area contributed by atoms with Gasteiger partial charge in [-0.25, -0.2) is 9.59 Å². The van der Waals surface area contributed by atoms with Crippen molar-refractivity contribution in [3.8, 4) is 0 Å². The number of carboxylic acid groups (broad SMARTS) is 2. The van der Waals surface area contributed by atoms with Gasteiger partial charge in [-0.3, -0.25) is 4.79 Å². The average Bonchev–Trinajstić information content (AvgIpc) is 2.24. The highest BCUT2D eigenvalue weighted by Crippen LogP contribution is 2.00. The molecule has 2 amide bonds. The number of hydrogen-bond donors (Lipinski definition) is 4. The van der Waals surface area contributed by atoms with E-state index >= 15 is 0 Å². The van der Waals surface area contributed by atoms with Crippen LogP contribution in [0.5, 0.6) is 0 Å². The maximum Gasteiger partial charge on any atom is 0.326 e. The highest BCUT2D eigenvalue weighted by Gasteiger charge is 2.23. The first-order valence-corrected chi connectivity index (χ1v) is 6.76. The molecule has 0 heterocycles. The fourth-order valence-corrected chi connectivity index (χ4v) is 1.75. The quantitative estimate of drug-likeness (QED) is 0.509. The van der Waals surface area contributed by atoms with Crippen LogP contribution in [0.1, 0.15) is 19.8 Å². The topological polar surface area (TPSA) is 116 Å². The molecule has 0 saturated heterocycles. The van der Waals surface area contributed by atoms with Gasteiger partial charge in [0.15, 0.2) is 0 Å². The van der Waals surface area contributed by atoms with E-state index in [1.807, 2.05) is 6.26 Å². The normalized spacial score (nSPS) is 13.4. The molecular weight excluding hydrogens is 260 g/mol. The van der Waals surface area contributed by atoms with Gasteiger partial charge in [0.25, 0.3) is 0 Å². The van der Waals surface area contributed by atoms with Crippen LogP contribution in [0.3, 0.4) is 0 Å². The second-order valence-corrected chi connectivity index (χ2v) is 4.77. The van der Waals surface area contributed by atoms with Gasteiger partial charge in [0.05, 0.1) is 6.42 Å². The van der Waals surface area contributed by atoms with E-state index < -0.39 is 30.4 Å². The van der Waals surface area contributed by atoms with Crippen LogP contribution < -0.4 is 10.6 Å². The minimum absolute atomic E-state index is 0.100. The van der Waals surface area contributed by atoms with Crippen LogP contribution in [0.4, 0.5) is 4.79 Å². The number of aliphatic carboxylic acids is 2. The molecule has 0 fully saturated rings. The van der Waals surface area contributed by atoms with E-state index in [1.54, 1.807) is 18.7 Å². The fraction of sp³-hybridized carbons (Fsp3) is 0.700. The van der Waals surface area contributed by atoms with Gasteiger partial charge >= 0.3 is 18.0 Å². The Bertz CT molecular complexity index is 311. The van der Waals surface area contributed by atoms with Crippen molar-refractivity contribution < 1.29 is 24.6 Å². The first-order valence-electron chi connectivity index (χ1n) is 5.37. The second kappa shape index (κ2) is 8.62. The molecule has 0 aliphatic rings. The molecule has 0 aromatic carbocycles. The largest absolute Gasteiger partial charge is 0.481 e. The van der Waals surface area contributed by atoms with Gasteiger partial charge in [0.2, 0.25) is 0 Å². The predicted octanol–water partition coefficient (Wildman–Crippen LogP) is 0.355. The van der Waals surface area contributed by atoms with Crippen molar-refractivity contribution in [3.05, 3.63) is 0 Å². The first-order chi connectivity index (χ1) is 8.36. The Hall–Kier alpha value is -1.44. The minimum atomic E-state index is -1.42. The Morgan fingerprint density at radius 3 is 2.28 bits per heavy atom. The van der Waals surface area contributed by atoms with Crippen molar-refractivity contribution in [2.75, 3.05) is 12.0 Å². The Morgan fingerprint density at radius 1 is 1.22 bits per heavy atom. The van der Waals surface area contributed by atoms with Crippen LogP contribution in [0.15, 0.2) is 0 Å². The summed E-state index contributed by atoms with van der Waals surface area (Å²) in [5, 5.41) is 21.9. The standard InChI is InChI=1S/C10H18N2O5S/c1-6(3-4-18-2)11-10(17)12-7(9(15)16)5-8(13)14/h6-7H,3-5H2,1-2H3,(H,13,14)(H,15,16)(H2,11,12,17)/t6?,7-/m0/s1. The lowest BCUT2D eigenvalue weighted by Gasteiger charge is -2.17. The number of urea groups is 1. The maximum atomic E-state index is 11.4. The summed E-state index contributed by atoms with van der Waals surface area (Å²) in [6, 6.07) is -2.19. The van der Waals surface area contributed by atoms with Gasteiger partial charge in [-0.2, -0.15) is 11.8 Å². The Morgan fingerprint density at radius 2 is 1.83 bits per heavy atom. The van der Waals surface area contributed by atoms with Crippen molar-refractivity contribution >= 4 is 29.7 Å². The van der Waals surface area contributed by atoms with Gasteiger partial charge in [0.1, 0.15) is 6.04 Å². The lowest BCUT2D eigenvalue weighted by molar-refractivity contribution is -0.145. The Balaban J connectivity index is 4.17. The molecule has 0 saturated carbocycles. The highest BCUT2D eigenvalue weighted by molar-refractivity contribution is 7.98. The van der Waals surface area contributed by atoms with Crippen molar-refractivity contribution in [1.82, 2.24) is 10.6 Å². The van der Waals surface area contributed by atoms with E-state index in [2.05, 4.69) is 10.6 Å². The van der Waals surface area contributed by atoms with Crippen molar-refractivity contribution in [2.45, 2.75) is 31.8 Å². The number of rotatable bonds is 8. The van der Waals surface area contributed by atoms with Crippen LogP contribution in [0.2, 0.25) is 0 Å². The number of hydrogen-bond acceptors (Lipinski definition) is 4. The summed E-state index contributed by atoms with van der Waals surface area (Å²) >= 11 is 1.64. The number of carbonyl (C=O) groups excluding carboxylic acids is 1.